The number of ether oxygens (including phenoxy) is 2. The van der Waals surface area contributed by atoms with E-state index in [1.807, 2.05) is 55.4 Å². The molecule has 2 saturated heterocycles. The maximum atomic E-state index is 12.5. The third kappa shape index (κ3) is 8.66. The number of piperidine rings is 2. The highest BCUT2D eigenvalue weighted by atomic mass is 16.7. The second-order valence-electron chi connectivity index (χ2n) is 13.3. The average molecular weight is 541 g/mol. The minimum atomic E-state index is -0.487. The summed E-state index contributed by atoms with van der Waals surface area (Å²) in [6.07, 6.45) is 3.11. The fourth-order valence-corrected chi connectivity index (χ4v) is 6.29. The van der Waals surface area contributed by atoms with Gasteiger partial charge in [0.1, 0.15) is 12.2 Å². The molecule has 218 valence electrons. The van der Waals surface area contributed by atoms with Gasteiger partial charge in [-0.25, -0.2) is 0 Å². The van der Waals surface area contributed by atoms with Crippen molar-refractivity contribution in [1.82, 2.24) is 10.1 Å². The van der Waals surface area contributed by atoms with Gasteiger partial charge >= 0.3 is 23.9 Å². The quantitative estimate of drug-likeness (QED) is 0.303. The molecule has 2 heterocycles. The summed E-state index contributed by atoms with van der Waals surface area (Å²) >= 11 is 0. The zero-order valence-electron chi connectivity index (χ0n) is 25.0. The molecule has 2 aliphatic heterocycles. The van der Waals surface area contributed by atoms with Gasteiger partial charge in [0.25, 0.3) is 0 Å². The second-order valence-corrected chi connectivity index (χ2v) is 13.3. The Morgan fingerprint density at radius 2 is 0.842 bits per heavy atom. The first-order chi connectivity index (χ1) is 17.2. The summed E-state index contributed by atoms with van der Waals surface area (Å²) in [4.78, 5) is 59.1. The lowest BCUT2D eigenvalue weighted by Crippen LogP contribution is -2.62. The maximum absolute atomic E-state index is 12.5. The van der Waals surface area contributed by atoms with Crippen LogP contribution in [0.5, 0.6) is 0 Å². The number of unbranched alkanes of at least 4 members (excludes halogenated alkanes) is 1. The molecular formula is C28H48N2O8. The lowest BCUT2D eigenvalue weighted by molar-refractivity contribution is -0.276. The molecule has 0 aromatic heterocycles. The van der Waals surface area contributed by atoms with Crippen LogP contribution in [0.1, 0.15) is 121 Å². The smallest absolute Gasteiger partial charge is 0.322 e. The van der Waals surface area contributed by atoms with Crippen molar-refractivity contribution in [1.29, 1.82) is 0 Å². The first-order valence-electron chi connectivity index (χ1n) is 13.6. The third-order valence-electron chi connectivity index (χ3n) is 7.16. The zero-order valence-corrected chi connectivity index (χ0v) is 25.0. The first kappa shape index (κ1) is 32.0. The topological polar surface area (TPSA) is 112 Å². The van der Waals surface area contributed by atoms with Gasteiger partial charge in [-0.15, -0.1) is 10.1 Å². The molecule has 2 fully saturated rings. The normalized spacial score (nSPS) is 23.3. The highest BCUT2D eigenvalue weighted by Crippen LogP contribution is 2.41. The van der Waals surface area contributed by atoms with E-state index in [-0.39, 0.29) is 48.9 Å². The number of hydrogen-bond acceptors (Lipinski definition) is 10. The van der Waals surface area contributed by atoms with E-state index in [1.54, 1.807) is 10.1 Å². The van der Waals surface area contributed by atoms with E-state index in [9.17, 15) is 19.2 Å². The van der Waals surface area contributed by atoms with Gasteiger partial charge in [0, 0.05) is 52.4 Å². The van der Waals surface area contributed by atoms with Gasteiger partial charge in [0.2, 0.25) is 0 Å². The van der Waals surface area contributed by atoms with Crippen molar-refractivity contribution in [3.8, 4) is 0 Å². The Kier molecular flexibility index (Phi) is 10.0. The zero-order chi connectivity index (χ0) is 29.1. The molecular weight excluding hydrogens is 492 g/mol. The maximum Gasteiger partial charge on any atom is 0.322 e. The number of hydrogen-bond donors (Lipinski definition) is 0. The Morgan fingerprint density at radius 3 is 1.08 bits per heavy atom. The van der Waals surface area contributed by atoms with Crippen LogP contribution in [0.2, 0.25) is 0 Å². The molecule has 0 unspecified atom stereocenters. The monoisotopic (exact) mass is 540 g/mol. The first-order valence-corrected chi connectivity index (χ1v) is 13.6. The van der Waals surface area contributed by atoms with Crippen molar-refractivity contribution < 1.29 is 38.3 Å². The second kappa shape index (κ2) is 11.9. The van der Waals surface area contributed by atoms with Crippen molar-refractivity contribution >= 4 is 23.9 Å². The number of rotatable bonds is 9. The molecule has 2 aliphatic rings. The molecule has 0 saturated carbocycles. The predicted molar refractivity (Wildman–Crippen MR) is 140 cm³/mol. The highest BCUT2D eigenvalue weighted by Gasteiger charge is 2.50. The van der Waals surface area contributed by atoms with Crippen LogP contribution < -0.4 is 0 Å². The lowest BCUT2D eigenvalue weighted by atomic mass is 9.80. The van der Waals surface area contributed by atoms with E-state index in [0.717, 1.165) is 0 Å². The molecule has 0 bridgehead atoms. The van der Waals surface area contributed by atoms with Gasteiger partial charge in [0.15, 0.2) is 0 Å². The van der Waals surface area contributed by atoms with Crippen molar-refractivity contribution in [2.24, 2.45) is 0 Å². The summed E-state index contributed by atoms with van der Waals surface area (Å²) < 4.78 is 11.5. The SMILES string of the molecule is CC(=O)ON1C(C)(C)CC(OC(=O)CCCCC(=O)OC2CC(C)(C)N(OC(C)=O)C(C)(C)C2)CC1(C)C. The fraction of sp³-hybridized carbons (Fsp3) is 0.857. The Hall–Kier alpha value is -2.20. The number of nitrogens with zero attached hydrogens (tertiary/aromatic N) is 2. The molecule has 10 heteroatoms. The number of carbonyl (C=O) groups is 4. The van der Waals surface area contributed by atoms with Crippen LogP contribution in [-0.2, 0) is 38.3 Å². The summed E-state index contributed by atoms with van der Waals surface area (Å²) in [5.74, 6) is -1.34. The number of carbonyl (C=O) groups excluding carboxylic acids is 4. The Bertz CT molecular complexity index is 787. The molecule has 0 N–H and O–H groups in total. The summed E-state index contributed by atoms with van der Waals surface area (Å²) in [7, 11) is 0. The van der Waals surface area contributed by atoms with Gasteiger partial charge in [-0.05, 0) is 68.2 Å². The Morgan fingerprint density at radius 1 is 0.579 bits per heavy atom. The van der Waals surface area contributed by atoms with Crippen molar-refractivity contribution in [3.05, 3.63) is 0 Å². The van der Waals surface area contributed by atoms with Gasteiger partial charge in [-0.3, -0.25) is 19.2 Å². The molecule has 0 aromatic rings. The summed E-state index contributed by atoms with van der Waals surface area (Å²) in [6, 6.07) is 0. The third-order valence-corrected chi connectivity index (χ3v) is 7.16. The molecule has 0 amide bonds. The van der Waals surface area contributed by atoms with Crippen LogP contribution in [0.3, 0.4) is 0 Å². The molecule has 0 spiro atoms. The van der Waals surface area contributed by atoms with E-state index in [0.29, 0.717) is 38.5 Å². The van der Waals surface area contributed by atoms with Crippen LogP contribution in [0, 0.1) is 0 Å². The van der Waals surface area contributed by atoms with Crippen molar-refractivity contribution in [3.63, 3.8) is 0 Å². The minimum Gasteiger partial charge on any atom is -0.462 e. The molecule has 0 radical (unpaired) electrons. The number of esters is 2. The van der Waals surface area contributed by atoms with Crippen LogP contribution in [-0.4, -0.2) is 68.4 Å². The van der Waals surface area contributed by atoms with Gasteiger partial charge in [0.05, 0.1) is 22.2 Å². The van der Waals surface area contributed by atoms with Crippen LogP contribution in [0.15, 0.2) is 0 Å². The number of hydroxylamine groups is 4. The molecule has 38 heavy (non-hydrogen) atoms. The molecule has 0 aromatic carbocycles. The minimum absolute atomic E-state index is 0.221. The predicted octanol–water partition coefficient (Wildman–Crippen LogP) is 4.63. The Labute approximate surface area is 227 Å². The van der Waals surface area contributed by atoms with Crippen molar-refractivity contribution in [2.45, 2.75) is 155 Å². The standard InChI is InChI=1S/C28H48N2O8/c1-19(31)37-29-25(3,4)15-21(16-26(29,5)6)35-23(33)13-11-12-14-24(34)36-22-17-27(7,8)30(38-20(2)32)28(9,10)18-22/h21-22H,11-18H2,1-10H3. The molecule has 0 aliphatic carbocycles. The van der Waals surface area contributed by atoms with Gasteiger partial charge in [-0.1, -0.05) is 0 Å². The van der Waals surface area contributed by atoms with E-state index in [4.69, 9.17) is 19.1 Å². The van der Waals surface area contributed by atoms with E-state index >= 15 is 0 Å². The van der Waals surface area contributed by atoms with Crippen LogP contribution in [0.25, 0.3) is 0 Å². The van der Waals surface area contributed by atoms with E-state index < -0.39 is 22.2 Å². The Balaban J connectivity index is 1.77. The highest BCUT2D eigenvalue weighted by molar-refractivity contribution is 5.71. The van der Waals surface area contributed by atoms with Crippen LogP contribution in [0.4, 0.5) is 0 Å². The molecule has 2 rings (SSSR count). The fourth-order valence-electron chi connectivity index (χ4n) is 6.29. The summed E-state index contributed by atoms with van der Waals surface area (Å²) in [6.45, 7) is 18.5. The average Bonchev–Trinajstić information content (AvgIpc) is 2.69. The van der Waals surface area contributed by atoms with E-state index in [1.165, 1.54) is 13.8 Å². The van der Waals surface area contributed by atoms with Crippen LogP contribution >= 0.6 is 0 Å². The summed E-state index contributed by atoms with van der Waals surface area (Å²) in [5.41, 5.74) is -1.95. The van der Waals surface area contributed by atoms with Gasteiger partial charge in [-0.2, -0.15) is 0 Å². The summed E-state index contributed by atoms with van der Waals surface area (Å²) in [5, 5.41) is 3.42. The molecule has 10 nitrogen and oxygen atoms in total. The van der Waals surface area contributed by atoms with Crippen molar-refractivity contribution in [2.75, 3.05) is 0 Å². The van der Waals surface area contributed by atoms with E-state index in [2.05, 4.69) is 0 Å². The largest absolute Gasteiger partial charge is 0.462 e. The lowest BCUT2D eigenvalue weighted by Gasteiger charge is -2.52. The van der Waals surface area contributed by atoms with Gasteiger partial charge < -0.3 is 19.1 Å². The molecule has 0 atom stereocenters.